The largest absolute Gasteiger partial charge is 0.457 e. The lowest BCUT2D eigenvalue weighted by atomic mass is 10.2. The normalized spacial score (nSPS) is 17.2. The number of amides is 2. The molecule has 1 aliphatic rings. The molecule has 1 aliphatic carbocycles. The fraction of sp³-hybridized carbons (Fsp3) is 0.167. The molecule has 3 aromatic rings. The zero-order chi connectivity index (χ0) is 20.1. The van der Waals surface area contributed by atoms with Gasteiger partial charge in [0.05, 0.1) is 11.8 Å². The highest BCUT2D eigenvalue weighted by Crippen LogP contribution is 2.39. The Morgan fingerprint density at radius 2 is 1.34 bits per heavy atom. The Kier molecular flexibility index (Phi) is 5.56. The minimum atomic E-state index is -0.272. The van der Waals surface area contributed by atoms with Gasteiger partial charge >= 0.3 is 0 Å². The van der Waals surface area contributed by atoms with E-state index < -0.39 is 0 Å². The highest BCUT2D eigenvalue weighted by molar-refractivity contribution is 5.99. The van der Waals surface area contributed by atoms with Crippen LogP contribution in [0.1, 0.15) is 12.0 Å². The van der Waals surface area contributed by atoms with Crippen molar-refractivity contribution in [1.82, 2.24) is 5.32 Å². The average molecular weight is 386 g/mol. The Labute approximate surface area is 169 Å². The third-order valence-electron chi connectivity index (χ3n) is 4.87. The number of carbonyl (C=O) groups excluding carboxylic acids is 2. The van der Waals surface area contributed by atoms with Gasteiger partial charge in [0, 0.05) is 12.2 Å². The first kappa shape index (κ1) is 18.7. The number of para-hydroxylation sites is 1. The highest BCUT2D eigenvalue weighted by atomic mass is 16.5. The summed E-state index contributed by atoms with van der Waals surface area (Å²) >= 11 is 0. The summed E-state index contributed by atoms with van der Waals surface area (Å²) in [5.41, 5.74) is 1.73. The maximum Gasteiger partial charge on any atom is 0.228 e. The molecule has 2 unspecified atom stereocenters. The van der Waals surface area contributed by atoms with Crippen LogP contribution in [0.4, 0.5) is 5.69 Å². The molecule has 4 rings (SSSR count). The van der Waals surface area contributed by atoms with Crippen LogP contribution in [-0.2, 0) is 16.1 Å². The summed E-state index contributed by atoms with van der Waals surface area (Å²) in [6.45, 7) is 0.480. The maximum absolute atomic E-state index is 12.4. The second kappa shape index (κ2) is 8.61. The van der Waals surface area contributed by atoms with Gasteiger partial charge in [-0.25, -0.2) is 0 Å². The number of ether oxygens (including phenoxy) is 1. The molecule has 0 aromatic heterocycles. The van der Waals surface area contributed by atoms with E-state index in [1.54, 1.807) is 24.3 Å². The number of rotatable bonds is 7. The standard InChI is InChI=1S/C24H22N2O3/c27-23(25-16-17-7-3-1-4-8-17)21-15-22(21)24(28)26-18-11-13-20(14-12-18)29-19-9-5-2-6-10-19/h1-14,21-22H,15-16H2,(H,25,27)(H,26,28). The Morgan fingerprint density at radius 1 is 0.759 bits per heavy atom. The molecule has 0 heterocycles. The van der Waals surface area contributed by atoms with E-state index in [4.69, 9.17) is 4.74 Å². The molecule has 0 bridgehead atoms. The second-order valence-electron chi connectivity index (χ2n) is 7.08. The zero-order valence-corrected chi connectivity index (χ0v) is 15.9. The van der Waals surface area contributed by atoms with E-state index in [1.807, 2.05) is 60.7 Å². The van der Waals surface area contributed by atoms with Crippen LogP contribution in [-0.4, -0.2) is 11.8 Å². The van der Waals surface area contributed by atoms with Crippen molar-refractivity contribution >= 4 is 17.5 Å². The van der Waals surface area contributed by atoms with Crippen molar-refractivity contribution < 1.29 is 14.3 Å². The fourth-order valence-corrected chi connectivity index (χ4v) is 3.16. The summed E-state index contributed by atoms with van der Waals surface area (Å²) in [5.74, 6) is 0.734. The third kappa shape index (κ3) is 5.02. The number of benzene rings is 3. The molecule has 0 saturated heterocycles. The monoisotopic (exact) mass is 386 g/mol. The van der Waals surface area contributed by atoms with Gasteiger partial charge in [0.15, 0.2) is 0 Å². The molecule has 0 radical (unpaired) electrons. The molecule has 5 nitrogen and oxygen atoms in total. The molecule has 2 N–H and O–H groups in total. The van der Waals surface area contributed by atoms with Crippen molar-refractivity contribution in [1.29, 1.82) is 0 Å². The molecule has 2 atom stereocenters. The molecule has 3 aromatic carbocycles. The first-order valence-electron chi connectivity index (χ1n) is 9.64. The average Bonchev–Trinajstić information content (AvgIpc) is 3.56. The summed E-state index contributed by atoms with van der Waals surface area (Å²) in [5, 5.41) is 5.78. The van der Waals surface area contributed by atoms with E-state index in [2.05, 4.69) is 10.6 Å². The van der Waals surface area contributed by atoms with E-state index in [9.17, 15) is 9.59 Å². The quantitative estimate of drug-likeness (QED) is 0.634. The Bertz CT molecular complexity index is 972. The van der Waals surface area contributed by atoms with Crippen molar-refractivity contribution in [2.45, 2.75) is 13.0 Å². The van der Waals surface area contributed by atoms with E-state index in [0.717, 1.165) is 11.3 Å². The second-order valence-corrected chi connectivity index (χ2v) is 7.08. The van der Waals surface area contributed by atoms with Gasteiger partial charge in [0.2, 0.25) is 11.8 Å². The van der Waals surface area contributed by atoms with Gasteiger partial charge in [-0.2, -0.15) is 0 Å². The minimum Gasteiger partial charge on any atom is -0.457 e. The number of nitrogens with one attached hydrogen (secondary N) is 2. The van der Waals surface area contributed by atoms with Crippen molar-refractivity contribution in [3.05, 3.63) is 90.5 Å². The number of anilines is 1. The first-order chi connectivity index (χ1) is 14.2. The molecule has 1 fully saturated rings. The van der Waals surface area contributed by atoms with E-state index in [1.165, 1.54) is 0 Å². The molecule has 0 aliphatic heterocycles. The van der Waals surface area contributed by atoms with Crippen LogP contribution < -0.4 is 15.4 Å². The van der Waals surface area contributed by atoms with E-state index in [0.29, 0.717) is 24.4 Å². The summed E-state index contributed by atoms with van der Waals surface area (Å²) in [6.07, 6.45) is 0.585. The lowest BCUT2D eigenvalue weighted by Gasteiger charge is -2.08. The van der Waals surface area contributed by atoms with Gasteiger partial charge in [-0.15, -0.1) is 0 Å². The molecule has 2 amide bonds. The summed E-state index contributed by atoms with van der Waals surface area (Å²) in [7, 11) is 0. The van der Waals surface area contributed by atoms with Crippen LogP contribution in [0.25, 0.3) is 0 Å². The van der Waals surface area contributed by atoms with Crippen molar-refractivity contribution in [3.8, 4) is 11.5 Å². The lowest BCUT2D eigenvalue weighted by Crippen LogP contribution is -2.27. The van der Waals surface area contributed by atoms with Crippen molar-refractivity contribution in [3.63, 3.8) is 0 Å². The number of hydrogen-bond donors (Lipinski definition) is 2. The topological polar surface area (TPSA) is 67.4 Å². The smallest absolute Gasteiger partial charge is 0.228 e. The molecular weight excluding hydrogens is 364 g/mol. The van der Waals surface area contributed by atoms with Crippen LogP contribution in [0.15, 0.2) is 84.9 Å². The highest BCUT2D eigenvalue weighted by Gasteiger charge is 2.47. The van der Waals surface area contributed by atoms with Crippen LogP contribution in [0.3, 0.4) is 0 Å². The first-order valence-corrected chi connectivity index (χ1v) is 9.64. The van der Waals surface area contributed by atoms with Gasteiger partial charge in [-0.1, -0.05) is 48.5 Å². The van der Waals surface area contributed by atoms with Gasteiger partial charge in [0.1, 0.15) is 11.5 Å². The number of hydrogen-bond acceptors (Lipinski definition) is 3. The van der Waals surface area contributed by atoms with E-state index in [-0.39, 0.29) is 23.7 Å². The summed E-state index contributed by atoms with van der Waals surface area (Å²) in [6, 6.07) is 26.4. The minimum absolute atomic E-state index is 0.0689. The third-order valence-corrected chi connectivity index (χ3v) is 4.87. The van der Waals surface area contributed by atoms with Gasteiger partial charge in [-0.05, 0) is 48.4 Å². The lowest BCUT2D eigenvalue weighted by molar-refractivity contribution is -0.125. The van der Waals surface area contributed by atoms with Crippen molar-refractivity contribution in [2.24, 2.45) is 11.8 Å². The molecule has 1 saturated carbocycles. The summed E-state index contributed by atoms with van der Waals surface area (Å²) in [4.78, 5) is 24.7. The van der Waals surface area contributed by atoms with E-state index >= 15 is 0 Å². The Hall–Kier alpha value is -3.60. The predicted octanol–water partition coefficient (Wildman–Crippen LogP) is 4.37. The maximum atomic E-state index is 12.4. The molecule has 146 valence electrons. The SMILES string of the molecule is O=C(NCc1ccccc1)C1CC1C(=O)Nc1ccc(Oc2ccccc2)cc1. The molecular formula is C24H22N2O3. The Morgan fingerprint density at radius 3 is 2.03 bits per heavy atom. The predicted molar refractivity (Wildman–Crippen MR) is 111 cm³/mol. The van der Waals surface area contributed by atoms with Gasteiger partial charge < -0.3 is 15.4 Å². The summed E-state index contributed by atoms with van der Waals surface area (Å²) < 4.78 is 5.74. The zero-order valence-electron chi connectivity index (χ0n) is 15.9. The molecule has 0 spiro atoms. The number of carbonyl (C=O) groups is 2. The van der Waals surface area contributed by atoms with Crippen LogP contribution >= 0.6 is 0 Å². The van der Waals surface area contributed by atoms with Crippen molar-refractivity contribution in [2.75, 3.05) is 5.32 Å². The molecule has 29 heavy (non-hydrogen) atoms. The fourth-order valence-electron chi connectivity index (χ4n) is 3.16. The van der Waals surface area contributed by atoms with Gasteiger partial charge in [-0.3, -0.25) is 9.59 Å². The van der Waals surface area contributed by atoms with Crippen LogP contribution in [0.2, 0.25) is 0 Å². The van der Waals surface area contributed by atoms with Gasteiger partial charge in [0.25, 0.3) is 0 Å². The Balaban J connectivity index is 1.25. The molecule has 5 heteroatoms. The van der Waals surface area contributed by atoms with Crippen LogP contribution in [0, 0.1) is 11.8 Å². The van der Waals surface area contributed by atoms with Crippen LogP contribution in [0.5, 0.6) is 11.5 Å².